The van der Waals surface area contributed by atoms with Gasteiger partial charge in [-0.05, 0) is 37.1 Å². The van der Waals surface area contributed by atoms with Gasteiger partial charge in [-0.15, -0.1) is 12.3 Å². The van der Waals surface area contributed by atoms with Crippen LogP contribution in [-0.4, -0.2) is 13.7 Å². The number of methoxy groups -OCH3 is 1. The highest BCUT2D eigenvalue weighted by Gasteiger charge is 2.11. The Labute approximate surface area is 104 Å². The molecule has 92 valence electrons. The molecule has 0 spiro atoms. The largest absolute Gasteiger partial charge is 0.496 e. The summed E-state index contributed by atoms with van der Waals surface area (Å²) in [5.41, 5.74) is 2.34. The Bertz CT molecular complexity index is 392. The van der Waals surface area contributed by atoms with Gasteiger partial charge in [0.1, 0.15) is 5.75 Å². The van der Waals surface area contributed by atoms with Crippen LogP contribution in [0.2, 0.25) is 0 Å². The Balaban J connectivity index is 2.89. The molecule has 17 heavy (non-hydrogen) atoms. The third kappa shape index (κ3) is 3.80. The monoisotopic (exact) mass is 231 g/mol. The molecule has 0 fully saturated rings. The highest BCUT2D eigenvalue weighted by atomic mass is 16.5. The molecule has 2 heteroatoms. The van der Waals surface area contributed by atoms with E-state index in [1.54, 1.807) is 7.11 Å². The molecule has 0 aromatic heterocycles. The van der Waals surface area contributed by atoms with Crippen molar-refractivity contribution in [3.05, 3.63) is 29.3 Å². The Morgan fingerprint density at radius 2 is 2.24 bits per heavy atom. The van der Waals surface area contributed by atoms with Crippen LogP contribution in [0.4, 0.5) is 0 Å². The summed E-state index contributed by atoms with van der Waals surface area (Å²) in [4.78, 5) is 0. The molecule has 0 amide bonds. The average molecular weight is 231 g/mol. The summed E-state index contributed by atoms with van der Waals surface area (Å²) in [7, 11) is 1.70. The van der Waals surface area contributed by atoms with Crippen LogP contribution >= 0.6 is 0 Å². The molecule has 0 bridgehead atoms. The molecule has 1 N–H and O–H groups in total. The van der Waals surface area contributed by atoms with Gasteiger partial charge in [0.15, 0.2) is 0 Å². The first-order valence-corrected chi connectivity index (χ1v) is 6.04. The van der Waals surface area contributed by atoms with Crippen LogP contribution in [0.15, 0.2) is 18.2 Å². The van der Waals surface area contributed by atoms with Gasteiger partial charge < -0.3 is 10.1 Å². The van der Waals surface area contributed by atoms with Crippen molar-refractivity contribution in [2.24, 2.45) is 0 Å². The summed E-state index contributed by atoms with van der Waals surface area (Å²) in [6.45, 7) is 5.16. The number of hydrogen-bond acceptors (Lipinski definition) is 2. The normalized spacial score (nSPS) is 11.9. The smallest absolute Gasteiger partial charge is 0.122 e. The van der Waals surface area contributed by atoms with Gasteiger partial charge in [-0.3, -0.25) is 0 Å². The summed E-state index contributed by atoms with van der Waals surface area (Å²) in [6, 6.07) is 6.47. The van der Waals surface area contributed by atoms with Crippen molar-refractivity contribution in [1.82, 2.24) is 5.32 Å². The molecule has 1 unspecified atom stereocenters. The van der Waals surface area contributed by atoms with E-state index in [9.17, 15) is 0 Å². The molecule has 2 nitrogen and oxygen atoms in total. The molecule has 0 heterocycles. The van der Waals surface area contributed by atoms with E-state index in [1.165, 1.54) is 5.56 Å². The fraction of sp³-hybridized carbons (Fsp3) is 0.467. The van der Waals surface area contributed by atoms with Crippen molar-refractivity contribution in [2.45, 2.75) is 32.7 Å². The molecule has 1 rings (SSSR count). The van der Waals surface area contributed by atoms with E-state index in [1.807, 2.05) is 6.92 Å². The predicted octanol–water partition coefficient (Wildman–Crippen LogP) is 3.07. The first-order valence-electron chi connectivity index (χ1n) is 6.04. The standard InChI is InChI=1S/C15H21NO/c1-5-7-14(16-10-6-2)13-9-8-12(3)15(11-13)17-4/h1,8-9,11,14,16H,6-7,10H2,2-4H3. The highest BCUT2D eigenvalue weighted by molar-refractivity contribution is 5.38. The van der Waals surface area contributed by atoms with Crippen molar-refractivity contribution >= 4 is 0 Å². The SMILES string of the molecule is C#CCC(NCCC)c1ccc(C)c(OC)c1. The lowest BCUT2D eigenvalue weighted by molar-refractivity contribution is 0.410. The molecule has 0 aliphatic rings. The molecule has 0 aliphatic heterocycles. The molecule has 0 saturated heterocycles. The first-order chi connectivity index (χ1) is 8.22. The third-order valence-electron chi connectivity index (χ3n) is 2.80. The summed E-state index contributed by atoms with van der Waals surface area (Å²) in [5, 5.41) is 3.46. The van der Waals surface area contributed by atoms with Crippen LogP contribution in [0, 0.1) is 19.3 Å². The summed E-state index contributed by atoms with van der Waals surface area (Å²) >= 11 is 0. The maximum absolute atomic E-state index is 5.42. The first kappa shape index (κ1) is 13.6. The second-order valence-electron chi connectivity index (χ2n) is 4.14. The zero-order valence-electron chi connectivity index (χ0n) is 10.9. The van der Waals surface area contributed by atoms with Crippen LogP contribution in [0.3, 0.4) is 0 Å². The van der Waals surface area contributed by atoms with Crippen molar-refractivity contribution < 1.29 is 4.74 Å². The number of ether oxygens (including phenoxy) is 1. The predicted molar refractivity (Wildman–Crippen MR) is 72.2 cm³/mol. The van der Waals surface area contributed by atoms with E-state index in [0.717, 1.165) is 24.3 Å². The zero-order valence-corrected chi connectivity index (χ0v) is 10.9. The van der Waals surface area contributed by atoms with Crippen molar-refractivity contribution in [3.63, 3.8) is 0 Å². The van der Waals surface area contributed by atoms with Crippen LogP contribution in [0.25, 0.3) is 0 Å². The van der Waals surface area contributed by atoms with Crippen LogP contribution in [-0.2, 0) is 0 Å². The Morgan fingerprint density at radius 1 is 1.47 bits per heavy atom. The number of terminal acetylenes is 1. The van der Waals surface area contributed by atoms with Crippen molar-refractivity contribution in [1.29, 1.82) is 0 Å². The van der Waals surface area contributed by atoms with Gasteiger partial charge >= 0.3 is 0 Å². The lowest BCUT2D eigenvalue weighted by Crippen LogP contribution is -2.21. The van der Waals surface area contributed by atoms with Crippen LogP contribution < -0.4 is 10.1 Å². The highest BCUT2D eigenvalue weighted by Crippen LogP contribution is 2.24. The fourth-order valence-electron chi connectivity index (χ4n) is 1.80. The summed E-state index contributed by atoms with van der Waals surface area (Å²) in [6.07, 6.45) is 7.22. The van der Waals surface area contributed by atoms with E-state index >= 15 is 0 Å². The average Bonchev–Trinajstić information content (AvgIpc) is 2.35. The van der Waals surface area contributed by atoms with Gasteiger partial charge in [0, 0.05) is 12.5 Å². The molecular weight excluding hydrogens is 210 g/mol. The van der Waals surface area contributed by atoms with Crippen LogP contribution in [0.1, 0.15) is 36.9 Å². The van der Waals surface area contributed by atoms with Gasteiger partial charge in [0.2, 0.25) is 0 Å². The van der Waals surface area contributed by atoms with Gasteiger partial charge in [-0.1, -0.05) is 19.1 Å². The number of hydrogen-bond donors (Lipinski definition) is 1. The second-order valence-corrected chi connectivity index (χ2v) is 4.14. The van der Waals surface area contributed by atoms with E-state index in [4.69, 9.17) is 11.2 Å². The number of rotatable bonds is 6. The lowest BCUT2D eigenvalue weighted by Gasteiger charge is -2.18. The molecular formula is C15H21NO. The molecule has 1 aromatic rings. The van der Waals surface area contributed by atoms with Gasteiger partial charge in [-0.25, -0.2) is 0 Å². The Kier molecular flexibility index (Phi) is 5.59. The topological polar surface area (TPSA) is 21.3 Å². The zero-order chi connectivity index (χ0) is 12.7. The molecule has 0 saturated carbocycles. The molecule has 0 aliphatic carbocycles. The van der Waals surface area contributed by atoms with E-state index in [2.05, 4.69) is 36.4 Å². The quantitative estimate of drug-likeness (QED) is 0.760. The van der Waals surface area contributed by atoms with Gasteiger partial charge in [-0.2, -0.15) is 0 Å². The molecule has 0 radical (unpaired) electrons. The Hall–Kier alpha value is -1.46. The second kappa shape index (κ2) is 6.98. The minimum absolute atomic E-state index is 0.217. The van der Waals surface area contributed by atoms with E-state index in [0.29, 0.717) is 6.42 Å². The van der Waals surface area contributed by atoms with E-state index < -0.39 is 0 Å². The number of aryl methyl sites for hydroxylation is 1. The number of benzene rings is 1. The maximum atomic E-state index is 5.42. The molecule has 1 atom stereocenters. The fourth-order valence-corrected chi connectivity index (χ4v) is 1.80. The Morgan fingerprint density at radius 3 is 2.82 bits per heavy atom. The van der Waals surface area contributed by atoms with Crippen LogP contribution in [0.5, 0.6) is 5.75 Å². The number of nitrogens with one attached hydrogen (secondary N) is 1. The van der Waals surface area contributed by atoms with E-state index in [-0.39, 0.29) is 6.04 Å². The van der Waals surface area contributed by atoms with Crippen molar-refractivity contribution in [3.8, 4) is 18.1 Å². The summed E-state index contributed by atoms with van der Waals surface area (Å²) < 4.78 is 5.34. The minimum atomic E-state index is 0.217. The molecule has 1 aromatic carbocycles. The maximum Gasteiger partial charge on any atom is 0.122 e. The third-order valence-corrected chi connectivity index (χ3v) is 2.80. The van der Waals surface area contributed by atoms with Gasteiger partial charge in [0.25, 0.3) is 0 Å². The minimum Gasteiger partial charge on any atom is -0.496 e. The lowest BCUT2D eigenvalue weighted by atomic mass is 10.0. The van der Waals surface area contributed by atoms with Crippen molar-refractivity contribution in [2.75, 3.05) is 13.7 Å². The van der Waals surface area contributed by atoms with Gasteiger partial charge in [0.05, 0.1) is 7.11 Å². The summed E-state index contributed by atoms with van der Waals surface area (Å²) in [5.74, 6) is 3.64.